The van der Waals surface area contributed by atoms with Gasteiger partial charge in [-0.2, -0.15) is 26.3 Å². The highest BCUT2D eigenvalue weighted by atomic mass is 19.4. The van der Waals surface area contributed by atoms with Crippen molar-refractivity contribution in [1.82, 2.24) is 0 Å². The first-order valence-corrected chi connectivity index (χ1v) is 16.6. The van der Waals surface area contributed by atoms with Crippen molar-refractivity contribution >= 4 is 23.4 Å². The topological polar surface area (TPSA) is 122 Å². The number of anilines is 2. The third-order valence-electron chi connectivity index (χ3n) is 10.2. The van der Waals surface area contributed by atoms with E-state index in [0.29, 0.717) is 53.7 Å². The third-order valence-corrected chi connectivity index (χ3v) is 10.2. The largest absolute Gasteiger partial charge is 0.506 e. The summed E-state index contributed by atoms with van der Waals surface area (Å²) < 4.78 is 95.7. The number of ether oxygens (including phenoxy) is 1. The normalized spacial score (nSPS) is 12.7. The maximum Gasteiger partial charge on any atom is 0.411 e. The molecule has 0 aromatic heterocycles. The van der Waals surface area contributed by atoms with Crippen LogP contribution in [0.25, 0.3) is 0 Å². The van der Waals surface area contributed by atoms with Crippen molar-refractivity contribution in [2.75, 3.05) is 11.1 Å². The number of carbonyl (C=O) groups is 2. The predicted molar refractivity (Wildman–Crippen MR) is 186 cm³/mol. The van der Waals surface area contributed by atoms with Crippen molar-refractivity contribution < 1.29 is 50.9 Å². The summed E-state index contributed by atoms with van der Waals surface area (Å²) >= 11 is 0. The van der Waals surface area contributed by atoms with Gasteiger partial charge in [-0.25, -0.2) is 0 Å². The van der Waals surface area contributed by atoms with Crippen molar-refractivity contribution in [3.63, 3.8) is 0 Å². The van der Waals surface area contributed by atoms with Crippen molar-refractivity contribution in [1.29, 1.82) is 0 Å². The van der Waals surface area contributed by atoms with Gasteiger partial charge in [0.2, 0.25) is 5.41 Å². The number of alkyl halides is 6. The lowest BCUT2D eigenvalue weighted by Crippen LogP contribution is -2.57. The minimum Gasteiger partial charge on any atom is -0.506 e. The van der Waals surface area contributed by atoms with E-state index >= 15 is 0 Å². The lowest BCUT2D eigenvalue weighted by molar-refractivity contribution is -0.288. The van der Waals surface area contributed by atoms with Crippen molar-refractivity contribution in [2.24, 2.45) is 5.41 Å². The van der Waals surface area contributed by atoms with Crippen LogP contribution in [0.3, 0.4) is 0 Å². The number of hydrogen-bond donors (Lipinski definition) is 4. The highest BCUT2D eigenvalue weighted by molar-refractivity contribution is 6.02. The first kappa shape index (κ1) is 39.6. The van der Waals surface area contributed by atoms with Gasteiger partial charge in [-0.1, -0.05) is 39.8 Å². The average molecular weight is 731 g/mol. The summed E-state index contributed by atoms with van der Waals surface area (Å²) in [4.78, 5) is 25.5. The Morgan fingerprint density at radius 3 is 1.63 bits per heavy atom. The van der Waals surface area contributed by atoms with E-state index < -0.39 is 62.7 Å². The van der Waals surface area contributed by atoms with Crippen LogP contribution in [0.2, 0.25) is 0 Å². The molecule has 0 aliphatic carbocycles. The van der Waals surface area contributed by atoms with Gasteiger partial charge in [0.15, 0.2) is 5.78 Å². The second-order valence-corrected chi connectivity index (χ2v) is 12.6. The maximum absolute atomic E-state index is 15.0. The Hall–Kier alpha value is -5.20. The first-order chi connectivity index (χ1) is 24.4. The molecule has 4 aromatic carbocycles. The number of nitrogen functional groups attached to an aromatic ring is 1. The lowest BCUT2D eigenvalue weighted by Gasteiger charge is -2.50. The van der Waals surface area contributed by atoms with Gasteiger partial charge in [0.1, 0.15) is 29.3 Å². The Kier molecular flexibility index (Phi) is 11.3. The molecule has 0 heterocycles. The highest BCUT2D eigenvalue weighted by Crippen LogP contribution is 2.58. The Balaban J connectivity index is 1.82. The van der Waals surface area contributed by atoms with Crippen LogP contribution in [-0.4, -0.2) is 40.2 Å². The molecule has 4 aromatic rings. The van der Waals surface area contributed by atoms with Crippen LogP contribution in [0.4, 0.5) is 37.7 Å². The van der Waals surface area contributed by atoms with Crippen LogP contribution in [0.15, 0.2) is 84.9 Å². The lowest BCUT2D eigenvalue weighted by atomic mass is 9.59. The SMILES string of the molecule is CCC(CC)(Nc1cc(C(c2ccc(O)c(N)c2)(C(F)(F)F)C(F)(F)F)ccc1O)C(CC)(CC)C(=O)c1ccc(Oc2ccc(C=O)cc2)cc1. The van der Waals surface area contributed by atoms with Gasteiger partial charge in [0.05, 0.1) is 16.8 Å². The molecule has 52 heavy (non-hydrogen) atoms. The second kappa shape index (κ2) is 14.8. The van der Waals surface area contributed by atoms with E-state index in [2.05, 4.69) is 5.32 Å². The number of hydrogen-bond acceptors (Lipinski definition) is 7. The number of aldehydes is 1. The number of phenolic OH excluding ortho intramolecular Hbond substituents is 2. The van der Waals surface area contributed by atoms with Crippen molar-refractivity contribution in [2.45, 2.75) is 76.7 Å². The zero-order chi connectivity index (χ0) is 38.7. The van der Waals surface area contributed by atoms with Crippen molar-refractivity contribution in [3.8, 4) is 23.0 Å². The number of ketones is 1. The second-order valence-electron chi connectivity index (χ2n) is 12.6. The predicted octanol–water partition coefficient (Wildman–Crippen LogP) is 10.4. The Labute approximate surface area is 297 Å². The summed E-state index contributed by atoms with van der Waals surface area (Å²) in [5.74, 6) is -0.796. The number of benzene rings is 4. The van der Waals surface area contributed by atoms with Crippen LogP contribution in [-0.2, 0) is 5.41 Å². The van der Waals surface area contributed by atoms with E-state index in [0.717, 1.165) is 6.07 Å². The molecule has 0 radical (unpaired) electrons. The summed E-state index contributed by atoms with van der Waals surface area (Å²) in [6, 6.07) is 16.2. The molecule has 0 aliphatic heterocycles. The molecule has 0 fully saturated rings. The monoisotopic (exact) mass is 730 g/mol. The molecule has 0 aliphatic rings. The standard InChI is InChI=1S/C39H40F6N2O5/c1-5-35(6-2,34(51)25-11-17-29(18-12-25)52-28-15-9-24(23-48)10-16-28)36(7-3,8-4)47-31-22-27(14-20-33(31)50)37(38(40,41)42,39(43,44)45)26-13-19-32(49)30(46)21-26/h9-23,47,49-50H,5-8,46H2,1-4H3. The van der Waals surface area contributed by atoms with Gasteiger partial charge >= 0.3 is 12.4 Å². The number of nitrogens with one attached hydrogen (secondary N) is 1. The smallest absolute Gasteiger partial charge is 0.411 e. The summed E-state index contributed by atoms with van der Waals surface area (Å²) in [6.45, 7) is 7.03. The number of Topliss-reactive ketones (excluding diaryl/α,β-unsaturated/α-hetero) is 1. The molecular weight excluding hydrogens is 690 g/mol. The fraction of sp³-hybridized carbons (Fsp3) is 0.333. The zero-order valence-electron chi connectivity index (χ0n) is 29.0. The van der Waals surface area contributed by atoms with Gasteiger partial charge in [-0.3, -0.25) is 9.59 Å². The molecule has 0 atom stereocenters. The van der Waals surface area contributed by atoms with Gasteiger partial charge in [-0.15, -0.1) is 0 Å². The van der Waals surface area contributed by atoms with Gasteiger partial charge in [0, 0.05) is 16.7 Å². The summed E-state index contributed by atoms with van der Waals surface area (Å²) in [7, 11) is 0. The number of halogens is 6. The Morgan fingerprint density at radius 2 is 1.19 bits per heavy atom. The fourth-order valence-corrected chi connectivity index (χ4v) is 7.29. The summed E-state index contributed by atoms with van der Waals surface area (Å²) in [5, 5.41) is 23.9. The molecule has 5 N–H and O–H groups in total. The van der Waals surface area contributed by atoms with Crippen LogP contribution >= 0.6 is 0 Å². The summed E-state index contributed by atoms with van der Waals surface area (Å²) in [6.07, 6.45) is -10.4. The molecular formula is C39H40F6N2O5. The van der Waals surface area contributed by atoms with E-state index in [9.17, 15) is 46.1 Å². The highest BCUT2D eigenvalue weighted by Gasteiger charge is 2.72. The van der Waals surface area contributed by atoms with E-state index in [-0.39, 0.29) is 37.0 Å². The van der Waals surface area contributed by atoms with E-state index in [4.69, 9.17) is 10.5 Å². The third kappa shape index (κ3) is 6.75. The van der Waals surface area contributed by atoms with Crippen LogP contribution in [0.1, 0.15) is 85.2 Å². The van der Waals surface area contributed by atoms with Crippen LogP contribution in [0.5, 0.6) is 23.0 Å². The number of nitrogens with two attached hydrogens (primary N) is 1. The molecule has 0 saturated heterocycles. The zero-order valence-corrected chi connectivity index (χ0v) is 29.0. The number of aromatic hydroxyl groups is 2. The molecule has 7 nitrogen and oxygen atoms in total. The van der Waals surface area contributed by atoms with Gasteiger partial charge in [0.25, 0.3) is 0 Å². The molecule has 4 rings (SSSR count). The quantitative estimate of drug-likeness (QED) is 0.0335. The number of phenols is 2. The number of carbonyl (C=O) groups excluding carboxylic acids is 2. The average Bonchev–Trinajstić information content (AvgIpc) is 3.10. The fourth-order valence-electron chi connectivity index (χ4n) is 7.29. The van der Waals surface area contributed by atoms with E-state index in [1.165, 1.54) is 0 Å². The van der Waals surface area contributed by atoms with E-state index in [1.54, 1.807) is 76.2 Å². The summed E-state index contributed by atoms with van der Waals surface area (Å²) in [5.41, 5.74) is -4.49. The van der Waals surface area contributed by atoms with Gasteiger partial charge < -0.3 is 26.0 Å². The molecule has 278 valence electrons. The minimum absolute atomic E-state index is 0.191. The maximum atomic E-state index is 15.0. The Morgan fingerprint density at radius 1 is 0.712 bits per heavy atom. The van der Waals surface area contributed by atoms with E-state index in [1.807, 2.05) is 0 Å². The molecule has 13 heteroatoms. The van der Waals surface area contributed by atoms with Crippen LogP contribution < -0.4 is 15.8 Å². The molecule has 0 unspecified atom stereocenters. The first-order valence-electron chi connectivity index (χ1n) is 16.6. The number of rotatable bonds is 14. The molecule has 0 bridgehead atoms. The molecule has 0 amide bonds. The Bertz CT molecular complexity index is 1870. The molecule has 0 saturated carbocycles. The molecule has 0 spiro atoms. The van der Waals surface area contributed by atoms with Gasteiger partial charge in [-0.05, 0) is 110 Å². The van der Waals surface area contributed by atoms with Crippen molar-refractivity contribution in [3.05, 3.63) is 107 Å². The minimum atomic E-state index is -5.96. The van der Waals surface area contributed by atoms with Crippen LogP contribution in [0, 0.1) is 5.41 Å².